The largest absolute Gasteiger partial charge is 0.378 e. The highest BCUT2D eigenvalue weighted by Crippen LogP contribution is 1.94. The molecule has 0 saturated heterocycles. The fourth-order valence-electron chi connectivity index (χ4n) is 1.18. The molecule has 0 bridgehead atoms. The van der Waals surface area contributed by atoms with Crippen LogP contribution in [-0.4, -0.2) is 44.8 Å². The molecule has 0 aromatic carbocycles. The van der Waals surface area contributed by atoms with Crippen LogP contribution >= 0.6 is 0 Å². The maximum atomic E-state index is 11.4. The summed E-state index contributed by atoms with van der Waals surface area (Å²) in [7, 11) is 0. The number of carbonyl (C=O) groups is 1. The fraction of sp³-hybridized carbons (Fsp3) is 0.786. The van der Waals surface area contributed by atoms with Crippen LogP contribution in [0.3, 0.4) is 0 Å². The van der Waals surface area contributed by atoms with Gasteiger partial charge in [-0.1, -0.05) is 13.0 Å². The van der Waals surface area contributed by atoms with Crippen molar-refractivity contribution in [1.29, 1.82) is 0 Å². The third-order valence-corrected chi connectivity index (χ3v) is 2.83. The lowest BCUT2D eigenvalue weighted by molar-refractivity contribution is -0.120. The second-order valence-electron chi connectivity index (χ2n) is 4.32. The zero-order valence-corrected chi connectivity index (χ0v) is 12.1. The molecular formula is C14H27NO3. The lowest BCUT2D eigenvalue weighted by Crippen LogP contribution is -2.29. The normalized spacial score (nSPS) is 13.7. The Labute approximate surface area is 111 Å². The quantitative estimate of drug-likeness (QED) is 0.454. The van der Waals surface area contributed by atoms with Crippen LogP contribution in [0.2, 0.25) is 0 Å². The predicted molar refractivity (Wildman–Crippen MR) is 73.8 cm³/mol. The van der Waals surface area contributed by atoms with E-state index in [-0.39, 0.29) is 12.4 Å². The van der Waals surface area contributed by atoms with Gasteiger partial charge in [-0.3, -0.25) is 4.79 Å². The van der Waals surface area contributed by atoms with Crippen molar-refractivity contribution in [3.05, 3.63) is 11.6 Å². The number of ether oxygens (including phenoxy) is 2. The van der Waals surface area contributed by atoms with Crippen molar-refractivity contribution in [2.75, 3.05) is 33.0 Å². The van der Waals surface area contributed by atoms with Crippen LogP contribution in [-0.2, 0) is 14.3 Å². The Hall–Kier alpha value is -0.710. The van der Waals surface area contributed by atoms with Crippen molar-refractivity contribution in [2.24, 2.45) is 0 Å². The Balaban J connectivity index is 3.29. The van der Waals surface area contributed by atoms with E-state index in [9.17, 15) is 4.79 Å². The summed E-state index contributed by atoms with van der Waals surface area (Å²) in [6.45, 7) is 10.6. The zero-order chi connectivity index (χ0) is 13.8. The molecule has 0 saturated carbocycles. The van der Waals surface area contributed by atoms with Gasteiger partial charge < -0.3 is 14.8 Å². The molecule has 0 heterocycles. The molecule has 1 atom stereocenters. The minimum Gasteiger partial charge on any atom is -0.378 e. The van der Waals surface area contributed by atoms with Crippen LogP contribution in [0.5, 0.6) is 0 Å². The number of ketones is 1. The average molecular weight is 257 g/mol. The molecule has 0 aliphatic carbocycles. The highest BCUT2D eigenvalue weighted by molar-refractivity contribution is 5.95. The minimum atomic E-state index is 0.0379. The average Bonchev–Trinajstić information content (AvgIpc) is 2.39. The molecule has 0 aromatic heterocycles. The van der Waals surface area contributed by atoms with E-state index in [2.05, 4.69) is 19.2 Å². The van der Waals surface area contributed by atoms with Crippen LogP contribution < -0.4 is 5.32 Å². The smallest absolute Gasteiger partial charge is 0.183 e. The SMILES string of the molecule is CC=C(C)C(=O)COCCOCCNC(C)CC. The van der Waals surface area contributed by atoms with Gasteiger partial charge in [-0.2, -0.15) is 0 Å². The summed E-state index contributed by atoms with van der Waals surface area (Å²) in [4.78, 5) is 11.4. The van der Waals surface area contributed by atoms with Crippen LogP contribution in [0.25, 0.3) is 0 Å². The number of hydrogen-bond donors (Lipinski definition) is 1. The van der Waals surface area contributed by atoms with E-state index in [1.54, 1.807) is 13.0 Å². The van der Waals surface area contributed by atoms with Crippen LogP contribution in [0.4, 0.5) is 0 Å². The van der Waals surface area contributed by atoms with Crippen molar-refractivity contribution < 1.29 is 14.3 Å². The van der Waals surface area contributed by atoms with Crippen LogP contribution in [0.1, 0.15) is 34.1 Å². The van der Waals surface area contributed by atoms with E-state index in [4.69, 9.17) is 9.47 Å². The summed E-state index contributed by atoms with van der Waals surface area (Å²) >= 11 is 0. The number of hydrogen-bond acceptors (Lipinski definition) is 4. The summed E-state index contributed by atoms with van der Waals surface area (Å²) in [5, 5.41) is 3.34. The Morgan fingerprint density at radius 3 is 2.56 bits per heavy atom. The van der Waals surface area contributed by atoms with Crippen molar-refractivity contribution in [2.45, 2.75) is 40.2 Å². The Kier molecular flexibility index (Phi) is 10.9. The van der Waals surface area contributed by atoms with Crippen molar-refractivity contribution in [3.63, 3.8) is 0 Å². The van der Waals surface area contributed by atoms with Gasteiger partial charge in [-0.15, -0.1) is 0 Å². The van der Waals surface area contributed by atoms with Gasteiger partial charge in [0.05, 0.1) is 19.8 Å². The molecule has 106 valence electrons. The van der Waals surface area contributed by atoms with E-state index >= 15 is 0 Å². The maximum absolute atomic E-state index is 11.4. The van der Waals surface area contributed by atoms with Gasteiger partial charge in [0.25, 0.3) is 0 Å². The second kappa shape index (κ2) is 11.4. The van der Waals surface area contributed by atoms with Crippen LogP contribution in [0, 0.1) is 0 Å². The molecule has 0 aliphatic heterocycles. The molecule has 0 aliphatic rings. The molecule has 0 amide bonds. The van der Waals surface area contributed by atoms with Gasteiger partial charge in [0.1, 0.15) is 6.61 Å². The molecule has 4 heteroatoms. The van der Waals surface area contributed by atoms with E-state index in [0.717, 1.165) is 18.5 Å². The van der Waals surface area contributed by atoms with Crippen molar-refractivity contribution >= 4 is 5.78 Å². The van der Waals surface area contributed by atoms with Gasteiger partial charge in [-0.25, -0.2) is 0 Å². The van der Waals surface area contributed by atoms with Gasteiger partial charge in [0, 0.05) is 12.6 Å². The minimum absolute atomic E-state index is 0.0379. The van der Waals surface area contributed by atoms with Crippen LogP contribution in [0.15, 0.2) is 11.6 Å². The summed E-state index contributed by atoms with van der Waals surface area (Å²) in [5.74, 6) is 0.0379. The lowest BCUT2D eigenvalue weighted by Gasteiger charge is -2.11. The molecule has 1 N–H and O–H groups in total. The molecular weight excluding hydrogens is 230 g/mol. The van der Waals surface area contributed by atoms with E-state index in [1.807, 2.05) is 6.92 Å². The molecule has 0 spiro atoms. The Morgan fingerprint density at radius 1 is 1.28 bits per heavy atom. The molecule has 0 radical (unpaired) electrons. The Morgan fingerprint density at radius 2 is 1.94 bits per heavy atom. The maximum Gasteiger partial charge on any atom is 0.183 e. The molecule has 18 heavy (non-hydrogen) atoms. The van der Waals surface area contributed by atoms with E-state index in [1.165, 1.54) is 0 Å². The van der Waals surface area contributed by atoms with Gasteiger partial charge in [-0.05, 0) is 32.8 Å². The van der Waals surface area contributed by atoms with Gasteiger partial charge >= 0.3 is 0 Å². The zero-order valence-electron chi connectivity index (χ0n) is 12.1. The molecule has 0 aromatic rings. The summed E-state index contributed by atoms with van der Waals surface area (Å²) in [6, 6.07) is 0.534. The topological polar surface area (TPSA) is 47.6 Å². The highest BCUT2D eigenvalue weighted by Gasteiger charge is 2.02. The second-order valence-corrected chi connectivity index (χ2v) is 4.32. The Bertz CT molecular complexity index is 251. The van der Waals surface area contributed by atoms with Gasteiger partial charge in [0.15, 0.2) is 5.78 Å². The van der Waals surface area contributed by atoms with Gasteiger partial charge in [0.2, 0.25) is 0 Å². The predicted octanol–water partition coefficient (Wildman–Crippen LogP) is 1.94. The number of allylic oxidation sites excluding steroid dienone is 1. The van der Waals surface area contributed by atoms with Crippen molar-refractivity contribution in [1.82, 2.24) is 5.32 Å². The third kappa shape index (κ3) is 9.33. The molecule has 0 rings (SSSR count). The summed E-state index contributed by atoms with van der Waals surface area (Å²) in [5.41, 5.74) is 0.744. The first-order valence-corrected chi connectivity index (χ1v) is 6.66. The first-order chi connectivity index (χ1) is 8.61. The number of Topliss-reactive ketones (excluding diaryl/α,β-unsaturated/α-hetero) is 1. The summed E-state index contributed by atoms with van der Waals surface area (Å²) < 4.78 is 10.6. The first kappa shape index (κ1) is 17.3. The summed E-state index contributed by atoms with van der Waals surface area (Å²) in [6.07, 6.45) is 2.91. The van der Waals surface area contributed by atoms with E-state index < -0.39 is 0 Å². The lowest BCUT2D eigenvalue weighted by atomic mass is 10.2. The third-order valence-electron chi connectivity index (χ3n) is 2.83. The number of carbonyl (C=O) groups excluding carboxylic acids is 1. The standard InChI is InChI=1S/C14H27NO3/c1-5-12(3)14(16)11-18-10-9-17-8-7-15-13(4)6-2/h5,13,15H,6-11H2,1-4H3. The fourth-order valence-corrected chi connectivity index (χ4v) is 1.18. The van der Waals surface area contributed by atoms with Crippen molar-refractivity contribution in [3.8, 4) is 0 Å². The van der Waals surface area contributed by atoms with E-state index in [0.29, 0.717) is 25.9 Å². The molecule has 4 nitrogen and oxygen atoms in total. The molecule has 1 unspecified atom stereocenters. The number of rotatable bonds is 11. The monoisotopic (exact) mass is 257 g/mol. The number of nitrogens with one attached hydrogen (secondary N) is 1. The molecule has 0 fully saturated rings. The first-order valence-electron chi connectivity index (χ1n) is 6.66. The highest BCUT2D eigenvalue weighted by atomic mass is 16.5.